The van der Waals surface area contributed by atoms with Crippen molar-refractivity contribution >= 4 is 21.6 Å². The molecule has 0 aliphatic carbocycles. The summed E-state index contributed by atoms with van der Waals surface area (Å²) in [5.41, 5.74) is -0.162. The van der Waals surface area contributed by atoms with Gasteiger partial charge < -0.3 is 9.80 Å². The van der Waals surface area contributed by atoms with Gasteiger partial charge in [-0.15, -0.1) is 0 Å². The third-order valence-electron chi connectivity index (χ3n) is 5.96. The fraction of sp³-hybridized carbons (Fsp3) is 0.478. The first kappa shape index (κ1) is 26.0. The van der Waals surface area contributed by atoms with Gasteiger partial charge in [0.25, 0.3) is 5.91 Å². The number of anilines is 1. The fourth-order valence-electron chi connectivity index (χ4n) is 4.09. The molecular weight excluding hydrogens is 469 g/mol. The molecule has 7 nitrogen and oxygen atoms in total. The summed E-state index contributed by atoms with van der Waals surface area (Å²) in [5.74, 6) is -0.649. The molecule has 1 aromatic heterocycles. The number of aromatic nitrogens is 1. The minimum Gasteiger partial charge on any atom is -0.367 e. The van der Waals surface area contributed by atoms with Gasteiger partial charge in [0.05, 0.1) is 28.7 Å². The molecule has 1 fully saturated rings. The largest absolute Gasteiger partial charge is 0.417 e. The summed E-state index contributed by atoms with van der Waals surface area (Å²) in [7, 11) is -3.79. The number of hydrogen-bond acceptors (Lipinski definition) is 5. The van der Waals surface area contributed by atoms with Crippen molar-refractivity contribution in [2.75, 3.05) is 31.1 Å². The van der Waals surface area contributed by atoms with E-state index in [1.165, 1.54) is 23.1 Å². The van der Waals surface area contributed by atoms with Crippen LogP contribution in [0.2, 0.25) is 0 Å². The molecule has 1 aliphatic heterocycles. The molecule has 1 amide bonds. The average molecular weight is 499 g/mol. The quantitative estimate of drug-likeness (QED) is 0.556. The molecule has 11 heteroatoms. The van der Waals surface area contributed by atoms with Gasteiger partial charge in [-0.25, -0.2) is 13.6 Å². The first-order valence-corrected chi connectivity index (χ1v) is 12.8. The van der Waals surface area contributed by atoms with Gasteiger partial charge in [0.2, 0.25) is 10.0 Å². The van der Waals surface area contributed by atoms with Gasteiger partial charge >= 0.3 is 6.18 Å². The number of unbranched alkanes of at least 4 members (excludes halogenated alkanes) is 2. The third kappa shape index (κ3) is 6.26. The van der Waals surface area contributed by atoms with Crippen LogP contribution in [0.4, 0.5) is 18.9 Å². The van der Waals surface area contributed by atoms with Gasteiger partial charge in [0, 0.05) is 26.2 Å². The number of benzene rings is 1. The van der Waals surface area contributed by atoms with E-state index in [0.717, 1.165) is 31.0 Å². The standard InChI is InChI=1S/C23H29F3N4O3S/c1-2-3-4-9-21(34(27,32)33)20-11-10-17(16-28-20)29-12-14-30(15-13-29)22(31)18-7-5-6-8-19(18)23(24,25)26/h5-8,10-11,16,21H,2-4,9,12-15H2,1H3,(H2,27,32,33). The maximum Gasteiger partial charge on any atom is 0.417 e. The van der Waals surface area contributed by atoms with Crippen LogP contribution in [0.25, 0.3) is 0 Å². The lowest BCUT2D eigenvalue weighted by Crippen LogP contribution is -2.49. The Bertz CT molecular complexity index is 1080. The number of nitrogens with zero attached hydrogens (tertiary/aromatic N) is 3. The molecule has 2 N–H and O–H groups in total. The molecule has 0 radical (unpaired) electrons. The molecule has 3 rings (SSSR count). The number of carbonyl (C=O) groups excluding carboxylic acids is 1. The van der Waals surface area contributed by atoms with E-state index in [1.807, 2.05) is 11.8 Å². The van der Waals surface area contributed by atoms with Crippen LogP contribution in [0.3, 0.4) is 0 Å². The molecule has 1 aliphatic rings. The van der Waals surface area contributed by atoms with E-state index in [1.54, 1.807) is 18.3 Å². The Kier molecular flexibility index (Phi) is 8.19. The van der Waals surface area contributed by atoms with Crippen molar-refractivity contribution in [3.05, 3.63) is 59.4 Å². The van der Waals surface area contributed by atoms with Crippen molar-refractivity contribution in [3.63, 3.8) is 0 Å². The highest BCUT2D eigenvalue weighted by atomic mass is 32.2. The van der Waals surface area contributed by atoms with Crippen LogP contribution in [-0.2, 0) is 16.2 Å². The van der Waals surface area contributed by atoms with E-state index < -0.39 is 32.9 Å². The Morgan fingerprint density at radius 1 is 1.09 bits per heavy atom. The molecule has 0 bridgehead atoms. The molecule has 186 valence electrons. The van der Waals surface area contributed by atoms with Gasteiger partial charge in [0.1, 0.15) is 5.25 Å². The molecule has 2 aromatic rings. The topological polar surface area (TPSA) is 96.6 Å². The van der Waals surface area contributed by atoms with E-state index >= 15 is 0 Å². The van der Waals surface area contributed by atoms with Crippen molar-refractivity contribution in [2.45, 2.75) is 44.0 Å². The van der Waals surface area contributed by atoms with Crippen LogP contribution in [0.1, 0.15) is 59.5 Å². The molecule has 1 aromatic carbocycles. The van der Waals surface area contributed by atoms with Gasteiger partial charge in [-0.1, -0.05) is 38.3 Å². The maximum absolute atomic E-state index is 13.3. The van der Waals surface area contributed by atoms with Crippen molar-refractivity contribution < 1.29 is 26.4 Å². The lowest BCUT2D eigenvalue weighted by atomic mass is 10.1. The van der Waals surface area contributed by atoms with Crippen LogP contribution in [0, 0.1) is 0 Å². The summed E-state index contributed by atoms with van der Waals surface area (Å²) in [5, 5.41) is 4.55. The summed E-state index contributed by atoms with van der Waals surface area (Å²) in [6.07, 6.45) is -0.0368. The monoisotopic (exact) mass is 498 g/mol. The minimum absolute atomic E-state index is 0.254. The molecule has 34 heavy (non-hydrogen) atoms. The Hall–Kier alpha value is -2.66. The number of piperazine rings is 1. The predicted octanol–water partition coefficient (Wildman–Crippen LogP) is 3.97. The van der Waals surface area contributed by atoms with Gasteiger partial charge in [-0.2, -0.15) is 13.2 Å². The lowest BCUT2D eigenvalue weighted by Gasteiger charge is -2.36. The Morgan fingerprint density at radius 2 is 1.76 bits per heavy atom. The van der Waals surface area contributed by atoms with Crippen molar-refractivity contribution in [3.8, 4) is 0 Å². The van der Waals surface area contributed by atoms with Crippen molar-refractivity contribution in [1.82, 2.24) is 9.88 Å². The zero-order valence-electron chi connectivity index (χ0n) is 19.0. The van der Waals surface area contributed by atoms with Crippen LogP contribution >= 0.6 is 0 Å². The highest BCUT2D eigenvalue weighted by molar-refractivity contribution is 7.89. The second-order valence-corrected chi connectivity index (χ2v) is 10.1. The highest BCUT2D eigenvalue weighted by Crippen LogP contribution is 2.33. The smallest absolute Gasteiger partial charge is 0.367 e. The molecule has 0 saturated carbocycles. The Balaban J connectivity index is 1.66. The van der Waals surface area contributed by atoms with E-state index in [0.29, 0.717) is 25.2 Å². The number of rotatable bonds is 8. The molecule has 1 saturated heterocycles. The summed E-state index contributed by atoms with van der Waals surface area (Å²) < 4.78 is 63.9. The number of carbonyl (C=O) groups is 1. The number of nitrogens with two attached hydrogens (primary N) is 1. The van der Waals surface area contributed by atoms with E-state index in [9.17, 15) is 26.4 Å². The van der Waals surface area contributed by atoms with E-state index in [4.69, 9.17) is 5.14 Å². The zero-order chi connectivity index (χ0) is 24.9. The predicted molar refractivity (Wildman–Crippen MR) is 124 cm³/mol. The summed E-state index contributed by atoms with van der Waals surface area (Å²) in [6.45, 7) is 3.36. The first-order chi connectivity index (χ1) is 16.0. The first-order valence-electron chi connectivity index (χ1n) is 11.2. The number of primary sulfonamides is 1. The maximum atomic E-state index is 13.3. The summed E-state index contributed by atoms with van der Waals surface area (Å²) in [6, 6.07) is 8.20. The second kappa shape index (κ2) is 10.7. The SMILES string of the molecule is CCCCCC(c1ccc(N2CCN(C(=O)c3ccccc3C(F)(F)F)CC2)cn1)S(N)(=O)=O. The summed E-state index contributed by atoms with van der Waals surface area (Å²) in [4.78, 5) is 20.5. The van der Waals surface area contributed by atoms with Crippen LogP contribution in [0.15, 0.2) is 42.6 Å². The van der Waals surface area contributed by atoms with E-state index in [2.05, 4.69) is 4.98 Å². The molecule has 2 heterocycles. The lowest BCUT2D eigenvalue weighted by molar-refractivity contribution is -0.138. The van der Waals surface area contributed by atoms with Gasteiger partial charge in [-0.3, -0.25) is 9.78 Å². The number of pyridine rings is 1. The Labute approximate surface area is 197 Å². The molecule has 1 unspecified atom stereocenters. The van der Waals surface area contributed by atoms with Gasteiger partial charge in [-0.05, 0) is 30.7 Å². The number of amides is 1. The van der Waals surface area contributed by atoms with Crippen LogP contribution in [-0.4, -0.2) is 50.4 Å². The zero-order valence-corrected chi connectivity index (χ0v) is 19.8. The number of sulfonamides is 1. The number of halogens is 3. The summed E-state index contributed by atoms with van der Waals surface area (Å²) >= 11 is 0. The van der Waals surface area contributed by atoms with E-state index in [-0.39, 0.29) is 18.7 Å². The Morgan fingerprint density at radius 3 is 2.32 bits per heavy atom. The number of alkyl halides is 3. The molecule has 1 atom stereocenters. The number of hydrogen-bond donors (Lipinski definition) is 1. The minimum atomic E-state index is -4.60. The normalized spacial score (nSPS) is 15.9. The van der Waals surface area contributed by atoms with Gasteiger partial charge in [0.15, 0.2) is 0 Å². The second-order valence-electron chi connectivity index (χ2n) is 8.34. The molecule has 0 spiro atoms. The third-order valence-corrected chi connectivity index (χ3v) is 7.23. The molecular formula is C23H29F3N4O3S. The highest BCUT2D eigenvalue weighted by Gasteiger charge is 2.36. The average Bonchev–Trinajstić information content (AvgIpc) is 2.80. The van der Waals surface area contributed by atoms with Crippen LogP contribution < -0.4 is 10.0 Å². The van der Waals surface area contributed by atoms with Crippen LogP contribution in [0.5, 0.6) is 0 Å². The fourth-order valence-corrected chi connectivity index (χ4v) is 5.06. The van der Waals surface area contributed by atoms with Crippen molar-refractivity contribution in [2.24, 2.45) is 5.14 Å². The van der Waals surface area contributed by atoms with Crippen molar-refractivity contribution in [1.29, 1.82) is 0 Å².